The molecule has 1 fully saturated rings. The largest absolute Gasteiger partial charge is 0.327 e. The normalized spacial score (nSPS) is 35.7. The van der Waals surface area contributed by atoms with Crippen molar-refractivity contribution in [3.8, 4) is 0 Å². The van der Waals surface area contributed by atoms with Crippen LogP contribution in [0.1, 0.15) is 34.1 Å². The molecule has 0 heterocycles. The van der Waals surface area contributed by atoms with Gasteiger partial charge in [0.25, 0.3) is 0 Å². The first-order valence-electron chi connectivity index (χ1n) is 4.22. The molecule has 0 aliphatic heterocycles. The Hall–Kier alpha value is -0.0400. The van der Waals surface area contributed by atoms with Crippen LogP contribution in [-0.2, 0) is 0 Å². The maximum atomic E-state index is 5.87. The van der Waals surface area contributed by atoms with Crippen molar-refractivity contribution in [2.75, 3.05) is 0 Å². The molecule has 3 atom stereocenters. The molecule has 0 aromatic rings. The van der Waals surface area contributed by atoms with E-state index in [1.807, 2.05) is 0 Å². The van der Waals surface area contributed by atoms with Gasteiger partial charge < -0.3 is 5.73 Å². The van der Waals surface area contributed by atoms with Crippen LogP contribution in [0.15, 0.2) is 0 Å². The number of rotatable bonds is 2. The summed E-state index contributed by atoms with van der Waals surface area (Å²) < 4.78 is 0. The van der Waals surface area contributed by atoms with E-state index < -0.39 is 0 Å². The first-order valence-corrected chi connectivity index (χ1v) is 4.22. The van der Waals surface area contributed by atoms with Crippen LogP contribution in [-0.4, -0.2) is 6.04 Å². The molecule has 1 nitrogen and oxygen atoms in total. The second-order valence-electron chi connectivity index (χ2n) is 4.43. The Kier molecular flexibility index (Phi) is 1.80. The number of nitrogens with two attached hydrogens (primary N) is 1. The fraction of sp³-hybridized carbons (Fsp3) is 1.00. The SMILES string of the molecule is CC1CC1C(C)(C)C(C)N. The van der Waals surface area contributed by atoms with Crippen LogP contribution in [0, 0.1) is 17.3 Å². The molecular weight excluding hydrogens is 122 g/mol. The zero-order valence-electron chi connectivity index (χ0n) is 7.52. The van der Waals surface area contributed by atoms with Gasteiger partial charge in [-0.15, -0.1) is 0 Å². The quantitative estimate of drug-likeness (QED) is 0.625. The molecule has 1 aliphatic carbocycles. The van der Waals surface area contributed by atoms with Crippen molar-refractivity contribution in [2.45, 2.75) is 40.2 Å². The minimum absolute atomic E-state index is 0.336. The van der Waals surface area contributed by atoms with Crippen LogP contribution < -0.4 is 5.73 Å². The second kappa shape index (κ2) is 2.23. The Morgan fingerprint density at radius 1 is 1.50 bits per heavy atom. The van der Waals surface area contributed by atoms with Crippen molar-refractivity contribution in [3.05, 3.63) is 0 Å². The molecule has 1 aliphatic rings. The molecule has 0 bridgehead atoms. The summed E-state index contributed by atoms with van der Waals surface area (Å²) in [4.78, 5) is 0. The average Bonchev–Trinajstić information content (AvgIpc) is 2.46. The Labute approximate surface area is 64.0 Å². The molecule has 60 valence electrons. The summed E-state index contributed by atoms with van der Waals surface area (Å²) in [6.07, 6.45) is 1.38. The van der Waals surface area contributed by atoms with Crippen molar-refractivity contribution in [2.24, 2.45) is 23.0 Å². The van der Waals surface area contributed by atoms with Crippen LogP contribution in [0.25, 0.3) is 0 Å². The lowest BCUT2D eigenvalue weighted by molar-refractivity contribution is 0.243. The molecule has 0 spiro atoms. The third-order valence-corrected chi connectivity index (χ3v) is 3.24. The summed E-state index contributed by atoms with van der Waals surface area (Å²) >= 11 is 0. The highest BCUT2D eigenvalue weighted by Gasteiger charge is 2.46. The predicted molar refractivity (Wildman–Crippen MR) is 44.7 cm³/mol. The van der Waals surface area contributed by atoms with Gasteiger partial charge in [-0.05, 0) is 30.6 Å². The molecule has 0 radical (unpaired) electrons. The third kappa shape index (κ3) is 1.20. The van der Waals surface area contributed by atoms with Crippen molar-refractivity contribution in [1.82, 2.24) is 0 Å². The number of hydrogen-bond acceptors (Lipinski definition) is 1. The van der Waals surface area contributed by atoms with Crippen molar-refractivity contribution in [3.63, 3.8) is 0 Å². The lowest BCUT2D eigenvalue weighted by Gasteiger charge is -2.29. The molecule has 0 amide bonds. The summed E-state index contributed by atoms with van der Waals surface area (Å²) in [7, 11) is 0. The van der Waals surface area contributed by atoms with E-state index in [0.717, 1.165) is 11.8 Å². The lowest BCUT2D eigenvalue weighted by Crippen LogP contribution is -2.36. The van der Waals surface area contributed by atoms with Gasteiger partial charge in [0.05, 0.1) is 0 Å². The van der Waals surface area contributed by atoms with Gasteiger partial charge in [-0.1, -0.05) is 20.8 Å². The monoisotopic (exact) mass is 141 g/mol. The van der Waals surface area contributed by atoms with E-state index in [2.05, 4.69) is 27.7 Å². The first kappa shape index (κ1) is 8.06. The molecule has 0 aromatic heterocycles. The topological polar surface area (TPSA) is 26.0 Å². The van der Waals surface area contributed by atoms with E-state index in [9.17, 15) is 0 Å². The first-order chi connectivity index (χ1) is 4.46. The Balaban J connectivity index is 2.52. The van der Waals surface area contributed by atoms with Gasteiger partial charge in [0, 0.05) is 6.04 Å². The van der Waals surface area contributed by atoms with Crippen LogP contribution >= 0.6 is 0 Å². The minimum atomic E-state index is 0.336. The molecule has 3 unspecified atom stereocenters. The van der Waals surface area contributed by atoms with E-state index in [0.29, 0.717) is 11.5 Å². The fourth-order valence-electron chi connectivity index (χ4n) is 1.70. The Bertz CT molecular complexity index is 127. The molecule has 2 N–H and O–H groups in total. The summed E-state index contributed by atoms with van der Waals surface area (Å²) in [5.74, 6) is 1.80. The molecule has 1 saturated carbocycles. The molecule has 1 heteroatoms. The average molecular weight is 141 g/mol. The van der Waals surface area contributed by atoms with E-state index >= 15 is 0 Å². The van der Waals surface area contributed by atoms with Gasteiger partial charge in [-0.2, -0.15) is 0 Å². The maximum Gasteiger partial charge on any atom is 0.00644 e. The van der Waals surface area contributed by atoms with Crippen LogP contribution in [0.5, 0.6) is 0 Å². The highest BCUT2D eigenvalue weighted by atomic mass is 14.7. The van der Waals surface area contributed by atoms with Gasteiger partial charge in [-0.3, -0.25) is 0 Å². The summed E-state index contributed by atoms with van der Waals surface area (Å²) in [6, 6.07) is 0.336. The second-order valence-corrected chi connectivity index (χ2v) is 4.43. The predicted octanol–water partition coefficient (Wildman–Crippen LogP) is 2.02. The maximum absolute atomic E-state index is 5.87. The van der Waals surface area contributed by atoms with E-state index in [4.69, 9.17) is 5.73 Å². The summed E-state index contributed by atoms with van der Waals surface area (Å²) in [5, 5.41) is 0. The molecule has 10 heavy (non-hydrogen) atoms. The summed E-state index contributed by atoms with van der Waals surface area (Å²) in [6.45, 7) is 9.00. The van der Waals surface area contributed by atoms with Gasteiger partial charge in [-0.25, -0.2) is 0 Å². The van der Waals surface area contributed by atoms with Gasteiger partial charge in [0.15, 0.2) is 0 Å². The Morgan fingerprint density at radius 2 is 1.90 bits per heavy atom. The van der Waals surface area contributed by atoms with Gasteiger partial charge >= 0.3 is 0 Å². The zero-order valence-corrected chi connectivity index (χ0v) is 7.52. The third-order valence-electron chi connectivity index (χ3n) is 3.24. The van der Waals surface area contributed by atoms with Gasteiger partial charge in [0.1, 0.15) is 0 Å². The molecule has 1 rings (SSSR count). The lowest BCUT2D eigenvalue weighted by atomic mass is 9.80. The van der Waals surface area contributed by atoms with Gasteiger partial charge in [0.2, 0.25) is 0 Å². The zero-order chi connectivity index (χ0) is 7.94. The number of hydrogen-bond donors (Lipinski definition) is 1. The summed E-state index contributed by atoms with van der Waals surface area (Å²) in [5.41, 5.74) is 6.23. The minimum Gasteiger partial charge on any atom is -0.327 e. The fourth-order valence-corrected chi connectivity index (χ4v) is 1.70. The molecule has 0 aromatic carbocycles. The smallest absolute Gasteiger partial charge is 0.00644 e. The highest BCUT2D eigenvalue weighted by molar-refractivity contribution is 4.97. The highest BCUT2D eigenvalue weighted by Crippen LogP contribution is 2.51. The van der Waals surface area contributed by atoms with E-state index in [-0.39, 0.29) is 0 Å². The van der Waals surface area contributed by atoms with Crippen molar-refractivity contribution >= 4 is 0 Å². The van der Waals surface area contributed by atoms with E-state index in [1.165, 1.54) is 6.42 Å². The van der Waals surface area contributed by atoms with Crippen LogP contribution in [0.3, 0.4) is 0 Å². The Morgan fingerprint density at radius 3 is 2.00 bits per heavy atom. The van der Waals surface area contributed by atoms with Crippen LogP contribution in [0.2, 0.25) is 0 Å². The molecular formula is C9H19N. The van der Waals surface area contributed by atoms with Crippen LogP contribution in [0.4, 0.5) is 0 Å². The standard InChI is InChI=1S/C9H19N/c1-6-5-8(6)9(3,4)7(2)10/h6-8H,5,10H2,1-4H3. The molecule has 0 saturated heterocycles. The van der Waals surface area contributed by atoms with Crippen molar-refractivity contribution < 1.29 is 0 Å². The van der Waals surface area contributed by atoms with Crippen molar-refractivity contribution in [1.29, 1.82) is 0 Å². The van der Waals surface area contributed by atoms with E-state index in [1.54, 1.807) is 0 Å².